The van der Waals surface area contributed by atoms with Gasteiger partial charge >= 0.3 is 5.97 Å². The van der Waals surface area contributed by atoms with Crippen molar-refractivity contribution in [3.05, 3.63) is 18.6 Å². The zero-order valence-electron chi connectivity index (χ0n) is 7.36. The molecule has 1 aliphatic rings. The van der Waals surface area contributed by atoms with Crippen molar-refractivity contribution in [2.45, 2.75) is 25.7 Å². The standard InChI is InChI=1S/C10H12O3/c11-10(8-3-1-2-4-8)13-9-5-6-12-7-9/h5-8H,1-4H2. The van der Waals surface area contributed by atoms with Gasteiger partial charge in [0.2, 0.25) is 0 Å². The van der Waals surface area contributed by atoms with Crippen molar-refractivity contribution in [2.75, 3.05) is 0 Å². The highest BCUT2D eigenvalue weighted by Gasteiger charge is 2.24. The summed E-state index contributed by atoms with van der Waals surface area (Å²) in [6.07, 6.45) is 7.16. The molecule has 0 saturated heterocycles. The van der Waals surface area contributed by atoms with Crippen molar-refractivity contribution in [3.8, 4) is 5.75 Å². The van der Waals surface area contributed by atoms with Crippen LogP contribution in [0.25, 0.3) is 0 Å². The van der Waals surface area contributed by atoms with Gasteiger partial charge in [0.15, 0.2) is 5.75 Å². The van der Waals surface area contributed by atoms with Crippen LogP contribution in [0.15, 0.2) is 23.0 Å². The fourth-order valence-corrected chi connectivity index (χ4v) is 1.67. The molecule has 1 aromatic heterocycles. The van der Waals surface area contributed by atoms with Crippen LogP contribution in [0.2, 0.25) is 0 Å². The summed E-state index contributed by atoms with van der Waals surface area (Å²) in [6, 6.07) is 1.65. The minimum absolute atomic E-state index is 0.106. The number of ether oxygens (including phenoxy) is 1. The van der Waals surface area contributed by atoms with Crippen LogP contribution in [0.4, 0.5) is 0 Å². The molecule has 70 valence electrons. The third-order valence-electron chi connectivity index (χ3n) is 2.40. The molecule has 0 bridgehead atoms. The molecule has 1 saturated carbocycles. The van der Waals surface area contributed by atoms with E-state index in [0.29, 0.717) is 5.75 Å². The molecule has 0 radical (unpaired) electrons. The predicted molar refractivity (Wildman–Crippen MR) is 46.3 cm³/mol. The number of esters is 1. The van der Waals surface area contributed by atoms with E-state index < -0.39 is 0 Å². The molecule has 3 heteroatoms. The number of hydrogen-bond acceptors (Lipinski definition) is 3. The molecule has 3 nitrogen and oxygen atoms in total. The van der Waals surface area contributed by atoms with Gasteiger partial charge in [-0.1, -0.05) is 12.8 Å². The van der Waals surface area contributed by atoms with Gasteiger partial charge in [-0.05, 0) is 12.8 Å². The molecule has 1 fully saturated rings. The summed E-state index contributed by atoms with van der Waals surface area (Å²) in [6.45, 7) is 0. The molecule has 0 unspecified atom stereocenters. The number of carbonyl (C=O) groups is 1. The maximum absolute atomic E-state index is 11.4. The average molecular weight is 180 g/mol. The highest BCUT2D eigenvalue weighted by atomic mass is 16.5. The van der Waals surface area contributed by atoms with Gasteiger partial charge in [0.05, 0.1) is 12.2 Å². The quantitative estimate of drug-likeness (QED) is 0.656. The van der Waals surface area contributed by atoms with Crippen LogP contribution < -0.4 is 4.74 Å². The first-order valence-corrected chi connectivity index (χ1v) is 4.60. The molecule has 0 aliphatic heterocycles. The zero-order chi connectivity index (χ0) is 9.10. The van der Waals surface area contributed by atoms with Crippen LogP contribution in [-0.2, 0) is 4.79 Å². The zero-order valence-corrected chi connectivity index (χ0v) is 7.36. The lowest BCUT2D eigenvalue weighted by atomic mass is 10.1. The first kappa shape index (κ1) is 8.35. The summed E-state index contributed by atoms with van der Waals surface area (Å²) in [5.74, 6) is 0.505. The van der Waals surface area contributed by atoms with E-state index in [1.165, 1.54) is 12.5 Å². The maximum Gasteiger partial charge on any atom is 0.314 e. The monoisotopic (exact) mass is 180 g/mol. The molecule has 2 rings (SSSR count). The van der Waals surface area contributed by atoms with Crippen LogP contribution in [0.3, 0.4) is 0 Å². The van der Waals surface area contributed by atoms with E-state index in [9.17, 15) is 4.79 Å². The van der Waals surface area contributed by atoms with Gasteiger partial charge in [0.25, 0.3) is 0 Å². The second kappa shape index (κ2) is 3.64. The minimum Gasteiger partial charge on any atom is -0.469 e. The maximum atomic E-state index is 11.4. The van der Waals surface area contributed by atoms with Crippen LogP contribution in [0.5, 0.6) is 5.75 Å². The van der Waals surface area contributed by atoms with Gasteiger partial charge in [-0.15, -0.1) is 0 Å². The Morgan fingerprint density at radius 3 is 2.85 bits per heavy atom. The lowest BCUT2D eigenvalue weighted by Crippen LogP contribution is -2.17. The normalized spacial score (nSPS) is 17.5. The second-order valence-corrected chi connectivity index (χ2v) is 3.36. The Balaban J connectivity index is 1.91. The van der Waals surface area contributed by atoms with E-state index in [1.807, 2.05) is 0 Å². The Bertz CT molecular complexity index is 270. The van der Waals surface area contributed by atoms with E-state index in [1.54, 1.807) is 6.07 Å². The third-order valence-corrected chi connectivity index (χ3v) is 2.40. The van der Waals surface area contributed by atoms with E-state index in [2.05, 4.69) is 0 Å². The summed E-state index contributed by atoms with van der Waals surface area (Å²) in [5, 5.41) is 0. The summed E-state index contributed by atoms with van der Waals surface area (Å²) in [5.41, 5.74) is 0. The number of rotatable bonds is 2. The molecule has 1 heterocycles. The van der Waals surface area contributed by atoms with Crippen LogP contribution >= 0.6 is 0 Å². The van der Waals surface area contributed by atoms with Crippen LogP contribution in [-0.4, -0.2) is 5.97 Å². The van der Waals surface area contributed by atoms with E-state index in [0.717, 1.165) is 25.7 Å². The summed E-state index contributed by atoms with van der Waals surface area (Å²) >= 11 is 0. The summed E-state index contributed by atoms with van der Waals surface area (Å²) < 4.78 is 9.91. The number of carbonyl (C=O) groups excluding carboxylic acids is 1. The topological polar surface area (TPSA) is 39.4 Å². The highest BCUT2D eigenvalue weighted by molar-refractivity contribution is 5.75. The van der Waals surface area contributed by atoms with Gasteiger partial charge in [-0.2, -0.15) is 0 Å². The Hall–Kier alpha value is -1.25. The van der Waals surface area contributed by atoms with Crippen molar-refractivity contribution >= 4 is 5.97 Å². The van der Waals surface area contributed by atoms with Gasteiger partial charge in [0.1, 0.15) is 6.26 Å². The number of furan rings is 1. The third kappa shape index (κ3) is 1.91. The molecule has 0 aromatic carbocycles. The Morgan fingerprint density at radius 1 is 1.46 bits per heavy atom. The Labute approximate surface area is 76.7 Å². The molecule has 0 atom stereocenters. The molecular weight excluding hydrogens is 168 g/mol. The SMILES string of the molecule is O=C(Oc1ccoc1)C1CCCC1. The molecule has 13 heavy (non-hydrogen) atoms. The molecule has 1 aromatic rings. The van der Waals surface area contributed by atoms with Crippen LogP contribution in [0, 0.1) is 5.92 Å². The lowest BCUT2D eigenvalue weighted by molar-refractivity contribution is -0.138. The average Bonchev–Trinajstić information content (AvgIpc) is 2.74. The predicted octanol–water partition coefficient (Wildman–Crippen LogP) is 2.38. The second-order valence-electron chi connectivity index (χ2n) is 3.36. The van der Waals surface area contributed by atoms with Crippen molar-refractivity contribution in [2.24, 2.45) is 5.92 Å². The molecule has 0 spiro atoms. The molecule has 0 amide bonds. The molecule has 0 N–H and O–H groups in total. The Kier molecular flexibility index (Phi) is 2.34. The number of hydrogen-bond donors (Lipinski definition) is 0. The van der Waals surface area contributed by atoms with Crippen LogP contribution in [0.1, 0.15) is 25.7 Å². The summed E-state index contributed by atoms with van der Waals surface area (Å²) in [7, 11) is 0. The van der Waals surface area contributed by atoms with E-state index in [-0.39, 0.29) is 11.9 Å². The smallest absolute Gasteiger partial charge is 0.314 e. The van der Waals surface area contributed by atoms with Crippen molar-refractivity contribution in [1.82, 2.24) is 0 Å². The van der Waals surface area contributed by atoms with Gasteiger partial charge in [-0.3, -0.25) is 4.79 Å². The van der Waals surface area contributed by atoms with E-state index >= 15 is 0 Å². The molecular formula is C10H12O3. The lowest BCUT2D eigenvalue weighted by Gasteiger charge is -2.06. The van der Waals surface area contributed by atoms with Gasteiger partial charge in [0, 0.05) is 6.07 Å². The molecule has 1 aliphatic carbocycles. The highest BCUT2D eigenvalue weighted by Crippen LogP contribution is 2.26. The van der Waals surface area contributed by atoms with Gasteiger partial charge in [-0.25, -0.2) is 0 Å². The Morgan fingerprint density at radius 2 is 2.23 bits per heavy atom. The fraction of sp³-hybridized carbons (Fsp3) is 0.500. The minimum atomic E-state index is -0.112. The first-order valence-electron chi connectivity index (χ1n) is 4.60. The fourth-order valence-electron chi connectivity index (χ4n) is 1.67. The van der Waals surface area contributed by atoms with Crippen molar-refractivity contribution < 1.29 is 13.9 Å². The van der Waals surface area contributed by atoms with E-state index in [4.69, 9.17) is 9.15 Å². The van der Waals surface area contributed by atoms with Crippen molar-refractivity contribution in [3.63, 3.8) is 0 Å². The summed E-state index contributed by atoms with van der Waals surface area (Å²) in [4.78, 5) is 11.4. The van der Waals surface area contributed by atoms with Crippen molar-refractivity contribution in [1.29, 1.82) is 0 Å². The van der Waals surface area contributed by atoms with Gasteiger partial charge < -0.3 is 9.15 Å². The first-order chi connectivity index (χ1) is 6.36. The largest absolute Gasteiger partial charge is 0.469 e.